The Morgan fingerprint density at radius 3 is 2.79 bits per heavy atom. The molecule has 1 aliphatic heterocycles. The molecule has 0 amide bonds. The van der Waals surface area contributed by atoms with Gasteiger partial charge in [-0.05, 0) is 24.6 Å². The van der Waals surface area contributed by atoms with Crippen LogP contribution in [-0.4, -0.2) is 31.2 Å². The van der Waals surface area contributed by atoms with E-state index in [1.807, 2.05) is 0 Å². The lowest BCUT2D eigenvalue weighted by Gasteiger charge is -2.31. The fourth-order valence-electron chi connectivity index (χ4n) is 2.61. The van der Waals surface area contributed by atoms with Crippen molar-refractivity contribution in [1.29, 1.82) is 0 Å². The van der Waals surface area contributed by atoms with E-state index in [0.717, 1.165) is 57.8 Å². The van der Waals surface area contributed by atoms with E-state index in [0.29, 0.717) is 0 Å². The van der Waals surface area contributed by atoms with Crippen molar-refractivity contribution in [1.82, 2.24) is 10.3 Å². The molecule has 1 aromatic heterocycles. The third kappa shape index (κ3) is 2.45. The van der Waals surface area contributed by atoms with Crippen LogP contribution in [0.2, 0.25) is 5.02 Å². The summed E-state index contributed by atoms with van der Waals surface area (Å²) in [7, 11) is 0. The lowest BCUT2D eigenvalue weighted by Crippen LogP contribution is -2.43. The molecule has 19 heavy (non-hydrogen) atoms. The number of fused-ring (bicyclic) bond motifs is 1. The van der Waals surface area contributed by atoms with E-state index in [9.17, 15) is 0 Å². The summed E-state index contributed by atoms with van der Waals surface area (Å²) in [5, 5.41) is 5.22. The van der Waals surface area contributed by atoms with Crippen molar-refractivity contribution >= 4 is 44.1 Å². The summed E-state index contributed by atoms with van der Waals surface area (Å²) in [6.07, 6.45) is 1.77. The summed E-state index contributed by atoms with van der Waals surface area (Å²) < 4.78 is 1.07. The zero-order valence-corrected chi connectivity index (χ0v) is 13.1. The molecule has 2 heterocycles. The first-order chi connectivity index (χ1) is 9.16. The molecule has 3 nitrogen and oxygen atoms in total. The van der Waals surface area contributed by atoms with Crippen LogP contribution >= 0.6 is 27.5 Å². The number of hydrogen-bond acceptors (Lipinski definition) is 3. The summed E-state index contributed by atoms with van der Waals surface area (Å²) in [6.45, 7) is 6.02. The van der Waals surface area contributed by atoms with Crippen LogP contribution in [0, 0.1) is 6.92 Å². The van der Waals surface area contributed by atoms with Crippen LogP contribution in [0.5, 0.6) is 0 Å². The molecule has 0 saturated carbocycles. The first kappa shape index (κ1) is 13.2. The molecule has 100 valence electrons. The molecule has 2 aromatic rings. The maximum atomic E-state index is 6.40. The van der Waals surface area contributed by atoms with E-state index >= 15 is 0 Å². The third-order valence-electron chi connectivity index (χ3n) is 3.49. The summed E-state index contributed by atoms with van der Waals surface area (Å²) in [4.78, 5) is 6.82. The number of halogens is 2. The molecule has 0 radical (unpaired) electrons. The van der Waals surface area contributed by atoms with E-state index in [4.69, 9.17) is 11.6 Å². The molecule has 0 spiro atoms. The topological polar surface area (TPSA) is 28.2 Å². The molecule has 1 saturated heterocycles. The molecule has 5 heteroatoms. The van der Waals surface area contributed by atoms with E-state index in [1.165, 1.54) is 0 Å². The van der Waals surface area contributed by atoms with Crippen LogP contribution in [0.15, 0.2) is 22.8 Å². The Hall–Kier alpha value is -0.840. The third-order valence-corrected chi connectivity index (χ3v) is 4.22. The molecular formula is C14H15BrClN3. The Balaban J connectivity index is 2.23. The fourth-order valence-corrected chi connectivity index (χ4v) is 3.45. The van der Waals surface area contributed by atoms with Crippen LogP contribution in [0.1, 0.15) is 5.56 Å². The molecule has 0 unspecified atom stereocenters. The van der Waals surface area contributed by atoms with Gasteiger partial charge in [0.15, 0.2) is 0 Å². The number of pyridine rings is 1. The molecule has 1 aliphatic rings. The fraction of sp³-hybridized carbons (Fsp3) is 0.357. The highest BCUT2D eigenvalue weighted by Gasteiger charge is 2.18. The van der Waals surface area contributed by atoms with Gasteiger partial charge in [-0.3, -0.25) is 4.98 Å². The second kappa shape index (κ2) is 5.27. The highest BCUT2D eigenvalue weighted by molar-refractivity contribution is 9.10. The summed E-state index contributed by atoms with van der Waals surface area (Å²) in [5.41, 5.74) is 3.30. The number of piperazine rings is 1. The normalized spacial score (nSPS) is 16.1. The van der Waals surface area contributed by atoms with Crippen LogP contribution in [0.25, 0.3) is 10.9 Å². The molecule has 1 fully saturated rings. The molecular weight excluding hydrogens is 326 g/mol. The Morgan fingerprint density at radius 2 is 2.05 bits per heavy atom. The second-order valence-corrected chi connectivity index (χ2v) is 6.13. The highest BCUT2D eigenvalue weighted by Crippen LogP contribution is 2.36. The van der Waals surface area contributed by atoms with Gasteiger partial charge in [-0.2, -0.15) is 0 Å². The van der Waals surface area contributed by atoms with Crippen molar-refractivity contribution in [3.05, 3.63) is 33.4 Å². The van der Waals surface area contributed by atoms with Crippen LogP contribution in [-0.2, 0) is 0 Å². The minimum Gasteiger partial charge on any atom is -0.367 e. The average Bonchev–Trinajstić information content (AvgIpc) is 2.39. The van der Waals surface area contributed by atoms with Crippen LogP contribution in [0.4, 0.5) is 5.69 Å². The van der Waals surface area contributed by atoms with Gasteiger partial charge in [-0.1, -0.05) is 27.5 Å². The van der Waals surface area contributed by atoms with Gasteiger partial charge < -0.3 is 10.2 Å². The lowest BCUT2D eigenvalue weighted by molar-refractivity contribution is 0.590. The largest absolute Gasteiger partial charge is 0.367 e. The predicted octanol–water partition coefficient (Wildman–Crippen LogP) is 3.37. The van der Waals surface area contributed by atoms with E-state index in [-0.39, 0.29) is 0 Å². The van der Waals surface area contributed by atoms with Crippen LogP contribution < -0.4 is 10.2 Å². The van der Waals surface area contributed by atoms with Crippen molar-refractivity contribution in [2.45, 2.75) is 6.92 Å². The average molecular weight is 341 g/mol. The van der Waals surface area contributed by atoms with Gasteiger partial charge in [-0.15, -0.1) is 0 Å². The Kier molecular flexibility index (Phi) is 3.65. The summed E-state index contributed by atoms with van der Waals surface area (Å²) >= 11 is 9.97. The standard InChI is InChI=1S/C14H15BrClN3/c1-9-6-10(15)7-11-13(9)18-8-12(16)14(11)19-4-2-17-3-5-19/h6-8,17H,2-5H2,1H3. The molecule has 0 bridgehead atoms. The minimum absolute atomic E-state index is 0.729. The number of anilines is 1. The number of rotatable bonds is 1. The van der Waals surface area contributed by atoms with Crippen molar-refractivity contribution < 1.29 is 0 Å². The van der Waals surface area contributed by atoms with Gasteiger partial charge in [0.1, 0.15) is 0 Å². The smallest absolute Gasteiger partial charge is 0.0829 e. The predicted molar refractivity (Wildman–Crippen MR) is 84.3 cm³/mol. The molecule has 1 N–H and O–H groups in total. The summed E-state index contributed by atoms with van der Waals surface area (Å²) in [6, 6.07) is 4.20. The van der Waals surface area contributed by atoms with Gasteiger partial charge >= 0.3 is 0 Å². The number of benzene rings is 1. The van der Waals surface area contributed by atoms with Gasteiger partial charge in [0.2, 0.25) is 0 Å². The lowest BCUT2D eigenvalue weighted by atomic mass is 10.1. The van der Waals surface area contributed by atoms with Crippen LogP contribution in [0.3, 0.4) is 0 Å². The van der Waals surface area contributed by atoms with Gasteiger partial charge in [0.25, 0.3) is 0 Å². The first-order valence-electron chi connectivity index (χ1n) is 6.37. The minimum atomic E-state index is 0.729. The van der Waals surface area contributed by atoms with Gasteiger partial charge in [0, 0.05) is 42.2 Å². The number of aromatic nitrogens is 1. The molecule has 1 aromatic carbocycles. The number of aryl methyl sites for hydroxylation is 1. The van der Waals surface area contributed by atoms with Gasteiger partial charge in [0.05, 0.1) is 16.2 Å². The molecule has 3 rings (SSSR count). The second-order valence-electron chi connectivity index (χ2n) is 4.81. The van der Waals surface area contributed by atoms with Crippen molar-refractivity contribution in [2.24, 2.45) is 0 Å². The van der Waals surface area contributed by atoms with Crippen molar-refractivity contribution in [3.63, 3.8) is 0 Å². The Morgan fingerprint density at radius 1 is 1.32 bits per heavy atom. The number of hydrogen-bond donors (Lipinski definition) is 1. The monoisotopic (exact) mass is 339 g/mol. The first-order valence-corrected chi connectivity index (χ1v) is 7.54. The van der Waals surface area contributed by atoms with Crippen molar-refractivity contribution in [3.8, 4) is 0 Å². The van der Waals surface area contributed by atoms with E-state index < -0.39 is 0 Å². The zero-order valence-electron chi connectivity index (χ0n) is 10.7. The summed E-state index contributed by atoms with van der Waals surface area (Å²) in [5.74, 6) is 0. The Bertz CT molecular complexity index is 624. The maximum absolute atomic E-state index is 6.40. The quantitative estimate of drug-likeness (QED) is 0.863. The highest BCUT2D eigenvalue weighted by atomic mass is 79.9. The SMILES string of the molecule is Cc1cc(Br)cc2c(N3CCNCC3)c(Cl)cnc12. The van der Waals surface area contributed by atoms with E-state index in [1.54, 1.807) is 6.20 Å². The Labute approximate surface area is 126 Å². The van der Waals surface area contributed by atoms with Gasteiger partial charge in [-0.25, -0.2) is 0 Å². The number of nitrogens with zero attached hydrogens (tertiary/aromatic N) is 2. The molecule has 0 aliphatic carbocycles. The van der Waals surface area contributed by atoms with E-state index in [2.05, 4.69) is 50.2 Å². The molecule has 0 atom stereocenters. The maximum Gasteiger partial charge on any atom is 0.0829 e. The van der Waals surface area contributed by atoms with Crippen molar-refractivity contribution in [2.75, 3.05) is 31.1 Å². The number of nitrogens with one attached hydrogen (secondary N) is 1. The zero-order chi connectivity index (χ0) is 13.4.